The number of hydrogen-bond acceptors (Lipinski definition) is 0. The molecule has 0 atom stereocenters. The fourth-order valence-corrected chi connectivity index (χ4v) is 4.13. The summed E-state index contributed by atoms with van der Waals surface area (Å²) in [5.41, 5.74) is 0. The van der Waals surface area contributed by atoms with Crippen molar-refractivity contribution in [1.29, 1.82) is 0 Å². The van der Waals surface area contributed by atoms with Crippen molar-refractivity contribution in [2.24, 2.45) is 0 Å². The van der Waals surface area contributed by atoms with Crippen LogP contribution in [-0.4, -0.2) is 6.71 Å². The van der Waals surface area contributed by atoms with E-state index in [4.69, 9.17) is 0 Å². The minimum absolute atomic E-state index is 0. The maximum absolute atomic E-state index is 2.63. The van der Waals surface area contributed by atoms with Crippen molar-refractivity contribution in [3.8, 4) is 0 Å². The Kier molecular flexibility index (Phi) is 6.48. The Hall–Kier alpha value is 0.662. The van der Waals surface area contributed by atoms with Crippen LogP contribution in [0.3, 0.4) is 0 Å². The molecule has 0 spiro atoms. The third-order valence-electron chi connectivity index (χ3n) is 5.27. The van der Waals surface area contributed by atoms with Crippen molar-refractivity contribution >= 4 is 6.71 Å². The predicted molar refractivity (Wildman–Crippen MR) is 66.7 cm³/mol. The maximum Gasteiger partial charge on any atom is 1.00 e. The molecule has 0 bridgehead atoms. The van der Waals surface area contributed by atoms with Gasteiger partial charge in [0.05, 0.1) is 0 Å². The van der Waals surface area contributed by atoms with Crippen LogP contribution in [0.15, 0.2) is 0 Å². The average molecular weight is 200 g/mol. The summed E-state index contributed by atoms with van der Waals surface area (Å²) < 4.78 is 0. The van der Waals surface area contributed by atoms with Gasteiger partial charge in [-0.2, -0.15) is 18.5 Å². The number of rotatable bonds is 2. The Morgan fingerprint density at radius 3 is 1.33 bits per heavy atom. The molecule has 15 heavy (non-hydrogen) atoms. The molecule has 2 heteroatoms. The Bertz CT molecular complexity index is 142. The van der Waals surface area contributed by atoms with E-state index in [1.54, 1.807) is 25.7 Å². The average Bonchev–Trinajstić information content (AvgIpc) is 2.30. The molecule has 2 saturated carbocycles. The van der Waals surface area contributed by atoms with Crippen LogP contribution in [0.4, 0.5) is 0 Å². The van der Waals surface area contributed by atoms with Crippen LogP contribution in [0.5, 0.6) is 0 Å². The Morgan fingerprint density at radius 2 is 1.00 bits per heavy atom. The normalized spacial score (nSPS) is 25.2. The third kappa shape index (κ3) is 3.87. The molecule has 2 aliphatic carbocycles. The molecule has 82 valence electrons. The first-order chi connectivity index (χ1) is 6.88. The standard InChI is InChI=1S/C13H26B.Li/c1-14(12-8-4-2-5-9-12)13-10-6-3-7-11-13;/h12-14H,2-11H2,1H3;/q-1;+1. The largest absolute Gasteiger partial charge is 1.00 e. The van der Waals surface area contributed by atoms with Crippen LogP contribution in [0.2, 0.25) is 18.5 Å². The summed E-state index contributed by atoms with van der Waals surface area (Å²) in [6.07, 6.45) is 15.5. The molecular weight excluding hydrogens is 174 g/mol. The van der Waals surface area contributed by atoms with E-state index < -0.39 is 0 Å². The first-order valence-electron chi connectivity index (χ1n) is 7.16. The summed E-state index contributed by atoms with van der Waals surface area (Å²) in [5, 5.41) is 0. The summed E-state index contributed by atoms with van der Waals surface area (Å²) >= 11 is 0. The van der Waals surface area contributed by atoms with Gasteiger partial charge in [-0.25, -0.2) is 0 Å². The molecule has 0 aromatic rings. The van der Waals surface area contributed by atoms with E-state index in [2.05, 4.69) is 6.82 Å². The van der Waals surface area contributed by atoms with Crippen LogP contribution < -0.4 is 18.9 Å². The van der Waals surface area contributed by atoms with Crippen molar-refractivity contribution in [1.82, 2.24) is 0 Å². The van der Waals surface area contributed by atoms with Gasteiger partial charge < -0.3 is 0 Å². The molecule has 0 amide bonds. The van der Waals surface area contributed by atoms with Crippen LogP contribution in [0.1, 0.15) is 64.2 Å². The van der Waals surface area contributed by atoms with E-state index in [1.807, 2.05) is 0 Å². The molecule has 0 aromatic carbocycles. The molecule has 0 N–H and O–H groups in total. The smallest absolute Gasteiger partial charge is 0.192 e. The van der Waals surface area contributed by atoms with Crippen LogP contribution in [0, 0.1) is 0 Å². The van der Waals surface area contributed by atoms with E-state index in [1.165, 1.54) is 50.2 Å². The Morgan fingerprint density at radius 1 is 0.667 bits per heavy atom. The van der Waals surface area contributed by atoms with Gasteiger partial charge in [-0.1, -0.05) is 64.2 Å². The monoisotopic (exact) mass is 200 g/mol. The summed E-state index contributed by atoms with van der Waals surface area (Å²) in [7, 11) is 0. The van der Waals surface area contributed by atoms with E-state index in [9.17, 15) is 0 Å². The van der Waals surface area contributed by atoms with Gasteiger partial charge in [0.15, 0.2) is 0 Å². The fourth-order valence-electron chi connectivity index (χ4n) is 4.13. The van der Waals surface area contributed by atoms with Crippen molar-refractivity contribution in [3.05, 3.63) is 0 Å². The van der Waals surface area contributed by atoms with Crippen molar-refractivity contribution in [2.45, 2.75) is 82.7 Å². The van der Waals surface area contributed by atoms with Gasteiger partial charge in [-0.15, -0.1) is 0 Å². The first-order valence-corrected chi connectivity index (χ1v) is 7.16. The molecule has 0 nitrogen and oxygen atoms in total. The zero-order valence-corrected chi connectivity index (χ0v) is 10.9. The van der Waals surface area contributed by atoms with Crippen LogP contribution in [-0.2, 0) is 0 Å². The molecule has 2 fully saturated rings. The van der Waals surface area contributed by atoms with Gasteiger partial charge in [0.25, 0.3) is 0 Å². The van der Waals surface area contributed by atoms with Gasteiger partial charge >= 0.3 is 18.9 Å². The molecule has 0 aliphatic heterocycles. The quantitative estimate of drug-likeness (QED) is 0.593. The van der Waals surface area contributed by atoms with E-state index in [0.29, 0.717) is 0 Å². The minimum atomic E-state index is 0. The predicted octanol–water partition coefficient (Wildman–Crippen LogP) is 1.52. The zero-order chi connectivity index (χ0) is 9.80. The Labute approximate surface area is 108 Å². The minimum Gasteiger partial charge on any atom is -0.192 e. The zero-order valence-electron chi connectivity index (χ0n) is 10.9. The van der Waals surface area contributed by atoms with Crippen LogP contribution in [0.25, 0.3) is 0 Å². The van der Waals surface area contributed by atoms with Gasteiger partial charge in [0, 0.05) is 0 Å². The summed E-state index contributed by atoms with van der Waals surface area (Å²) in [6.45, 7) is 2.83. The number of hydrogen-bond donors (Lipinski definition) is 0. The topological polar surface area (TPSA) is 0 Å². The summed E-state index contributed by atoms with van der Waals surface area (Å²) in [5.74, 6) is 2.35. The second-order valence-corrected chi connectivity index (χ2v) is 6.06. The molecule has 0 unspecified atom stereocenters. The van der Waals surface area contributed by atoms with Crippen LogP contribution >= 0.6 is 0 Å². The SMILES string of the molecule is C[BH-](C1CCCCC1)C1CCCCC1.[Li+]. The van der Waals surface area contributed by atoms with Gasteiger partial charge in [-0.05, 0) is 6.71 Å². The van der Waals surface area contributed by atoms with Gasteiger partial charge in [0.2, 0.25) is 0 Å². The first kappa shape index (κ1) is 13.7. The molecule has 0 heterocycles. The van der Waals surface area contributed by atoms with E-state index in [0.717, 1.165) is 0 Å². The molecular formula is C13H26BLi. The molecule has 0 aromatic heterocycles. The molecule has 2 rings (SSSR count). The summed E-state index contributed by atoms with van der Waals surface area (Å²) in [4.78, 5) is 0. The van der Waals surface area contributed by atoms with Crippen molar-refractivity contribution < 1.29 is 18.9 Å². The summed E-state index contributed by atoms with van der Waals surface area (Å²) in [6, 6.07) is 0. The van der Waals surface area contributed by atoms with Crippen molar-refractivity contribution in [2.75, 3.05) is 0 Å². The van der Waals surface area contributed by atoms with Gasteiger partial charge in [0.1, 0.15) is 0 Å². The molecule has 0 radical (unpaired) electrons. The molecule has 0 saturated heterocycles. The second-order valence-electron chi connectivity index (χ2n) is 6.06. The molecule has 2 aliphatic rings. The second kappa shape index (κ2) is 7.08. The van der Waals surface area contributed by atoms with Gasteiger partial charge in [-0.3, -0.25) is 0 Å². The fraction of sp³-hybridized carbons (Fsp3) is 1.00. The maximum atomic E-state index is 2.63. The van der Waals surface area contributed by atoms with E-state index >= 15 is 0 Å². The third-order valence-corrected chi connectivity index (χ3v) is 5.27. The van der Waals surface area contributed by atoms with Crippen molar-refractivity contribution in [3.63, 3.8) is 0 Å². The Balaban J connectivity index is 0.00000112. The van der Waals surface area contributed by atoms with E-state index in [-0.39, 0.29) is 25.6 Å².